The van der Waals surface area contributed by atoms with Crippen LogP contribution in [0.3, 0.4) is 0 Å². The van der Waals surface area contributed by atoms with Crippen LogP contribution >= 0.6 is 0 Å². The summed E-state index contributed by atoms with van der Waals surface area (Å²) < 4.78 is 7.81. The number of ether oxygens (including phenoxy) is 1. The summed E-state index contributed by atoms with van der Waals surface area (Å²) in [4.78, 5) is 7.01. The number of aromatic nitrogens is 2. The maximum absolute atomic E-state index is 5.54. The second kappa shape index (κ2) is 5.61. The van der Waals surface area contributed by atoms with Crippen molar-refractivity contribution >= 4 is 0 Å². The van der Waals surface area contributed by atoms with Gasteiger partial charge in [-0.2, -0.15) is 0 Å². The third-order valence-corrected chi connectivity index (χ3v) is 4.49. The highest BCUT2D eigenvalue weighted by Crippen LogP contribution is 2.31. The maximum Gasteiger partial charge on any atom is 0.122 e. The van der Waals surface area contributed by atoms with E-state index in [-0.39, 0.29) is 0 Å². The molecule has 1 aromatic heterocycles. The summed E-state index contributed by atoms with van der Waals surface area (Å²) in [5, 5.41) is 3.38. The van der Waals surface area contributed by atoms with E-state index in [2.05, 4.69) is 33.0 Å². The average molecular weight is 264 g/mol. The van der Waals surface area contributed by atoms with E-state index in [1.807, 2.05) is 6.20 Å². The number of nitrogens with zero attached hydrogens (tertiary/aromatic N) is 3. The van der Waals surface area contributed by atoms with Gasteiger partial charge in [-0.05, 0) is 25.3 Å². The van der Waals surface area contributed by atoms with Crippen LogP contribution in [0, 0.1) is 5.41 Å². The van der Waals surface area contributed by atoms with Gasteiger partial charge in [-0.25, -0.2) is 4.98 Å². The van der Waals surface area contributed by atoms with Gasteiger partial charge in [0.15, 0.2) is 0 Å². The minimum Gasteiger partial charge on any atom is -0.381 e. The highest BCUT2D eigenvalue weighted by molar-refractivity contribution is 4.97. The first-order valence-corrected chi connectivity index (χ1v) is 7.26. The molecule has 0 bridgehead atoms. The Bertz CT molecular complexity index is 406. The van der Waals surface area contributed by atoms with Crippen LogP contribution in [0.15, 0.2) is 12.4 Å². The number of nitrogens with one attached hydrogen (secondary N) is 1. The molecule has 3 heterocycles. The van der Waals surface area contributed by atoms with Crippen LogP contribution in [0.1, 0.15) is 18.7 Å². The van der Waals surface area contributed by atoms with Crippen molar-refractivity contribution in [2.24, 2.45) is 5.41 Å². The number of hydrogen-bond donors (Lipinski definition) is 1. The molecule has 5 nitrogen and oxygen atoms in total. The van der Waals surface area contributed by atoms with Crippen molar-refractivity contribution in [2.45, 2.75) is 25.9 Å². The Balaban J connectivity index is 1.66. The van der Waals surface area contributed by atoms with Crippen molar-refractivity contribution in [1.82, 2.24) is 19.8 Å². The predicted octanol–water partition coefficient (Wildman–Crippen LogP) is 0.715. The molecule has 19 heavy (non-hydrogen) atoms. The first kappa shape index (κ1) is 13.1. The van der Waals surface area contributed by atoms with Crippen LogP contribution in [-0.4, -0.2) is 54.3 Å². The fourth-order valence-corrected chi connectivity index (χ4v) is 3.40. The Morgan fingerprint density at radius 2 is 2.21 bits per heavy atom. The second-order valence-electron chi connectivity index (χ2n) is 5.89. The molecular formula is C14H24N4O. The van der Waals surface area contributed by atoms with Gasteiger partial charge in [0.05, 0.1) is 6.54 Å². The van der Waals surface area contributed by atoms with Crippen molar-refractivity contribution in [3.8, 4) is 0 Å². The lowest BCUT2D eigenvalue weighted by molar-refractivity contribution is -0.00797. The highest BCUT2D eigenvalue weighted by atomic mass is 16.5. The summed E-state index contributed by atoms with van der Waals surface area (Å²) in [6.07, 6.45) is 6.33. The SMILES string of the molecule is CNCC1(CN2CCn3ccnc3C2)CCOCC1. The highest BCUT2D eigenvalue weighted by Gasteiger charge is 2.34. The van der Waals surface area contributed by atoms with Gasteiger partial charge in [0.25, 0.3) is 0 Å². The molecule has 0 unspecified atom stereocenters. The van der Waals surface area contributed by atoms with E-state index in [4.69, 9.17) is 4.74 Å². The monoisotopic (exact) mass is 264 g/mol. The number of imidazole rings is 1. The standard InChI is InChI=1S/C14H24N4O/c1-15-11-14(2-8-19-9-3-14)12-17-6-7-18-5-4-16-13(18)10-17/h4-5,15H,2-3,6-12H2,1H3. The summed E-state index contributed by atoms with van der Waals surface area (Å²) in [5.74, 6) is 1.21. The Hall–Kier alpha value is -0.910. The van der Waals surface area contributed by atoms with Crippen LogP contribution in [0.2, 0.25) is 0 Å². The van der Waals surface area contributed by atoms with Crippen LogP contribution in [-0.2, 0) is 17.8 Å². The molecular weight excluding hydrogens is 240 g/mol. The van der Waals surface area contributed by atoms with E-state index >= 15 is 0 Å². The second-order valence-corrected chi connectivity index (χ2v) is 5.89. The van der Waals surface area contributed by atoms with Crippen molar-refractivity contribution in [3.05, 3.63) is 18.2 Å². The average Bonchev–Trinajstić information content (AvgIpc) is 2.87. The van der Waals surface area contributed by atoms with Gasteiger partial charge in [0.2, 0.25) is 0 Å². The van der Waals surface area contributed by atoms with E-state index in [1.54, 1.807) is 0 Å². The summed E-state index contributed by atoms with van der Waals surface area (Å²) in [7, 11) is 2.06. The van der Waals surface area contributed by atoms with Gasteiger partial charge in [0, 0.05) is 51.8 Å². The van der Waals surface area contributed by atoms with Gasteiger partial charge >= 0.3 is 0 Å². The number of fused-ring (bicyclic) bond motifs is 1. The van der Waals surface area contributed by atoms with Gasteiger partial charge in [-0.3, -0.25) is 4.90 Å². The molecule has 0 atom stereocenters. The molecule has 1 fully saturated rings. The van der Waals surface area contributed by atoms with Gasteiger partial charge in [0.1, 0.15) is 5.82 Å². The van der Waals surface area contributed by atoms with Crippen LogP contribution in [0.4, 0.5) is 0 Å². The van der Waals surface area contributed by atoms with Gasteiger partial charge in [-0.1, -0.05) is 0 Å². The lowest BCUT2D eigenvalue weighted by atomic mass is 9.79. The van der Waals surface area contributed by atoms with Crippen LogP contribution < -0.4 is 5.32 Å². The van der Waals surface area contributed by atoms with E-state index in [1.165, 1.54) is 18.7 Å². The summed E-state index contributed by atoms with van der Waals surface area (Å²) in [6, 6.07) is 0. The molecule has 1 saturated heterocycles. The van der Waals surface area contributed by atoms with E-state index in [9.17, 15) is 0 Å². The van der Waals surface area contributed by atoms with Crippen molar-refractivity contribution in [3.63, 3.8) is 0 Å². The molecule has 1 N–H and O–H groups in total. The Labute approximate surface area is 114 Å². The van der Waals surface area contributed by atoms with Crippen LogP contribution in [0.25, 0.3) is 0 Å². The largest absolute Gasteiger partial charge is 0.381 e. The number of rotatable bonds is 4. The Kier molecular flexibility index (Phi) is 3.86. The summed E-state index contributed by atoms with van der Waals surface area (Å²) in [6.45, 7) is 7.25. The Morgan fingerprint density at radius 1 is 1.37 bits per heavy atom. The molecule has 0 aromatic carbocycles. The molecule has 0 spiro atoms. The fourth-order valence-electron chi connectivity index (χ4n) is 3.40. The van der Waals surface area contributed by atoms with Gasteiger partial charge in [-0.15, -0.1) is 0 Å². The molecule has 0 amide bonds. The third-order valence-electron chi connectivity index (χ3n) is 4.49. The third kappa shape index (κ3) is 2.83. The summed E-state index contributed by atoms with van der Waals surface area (Å²) >= 11 is 0. The van der Waals surface area contributed by atoms with Crippen molar-refractivity contribution in [1.29, 1.82) is 0 Å². The lowest BCUT2D eigenvalue weighted by Crippen LogP contribution is -2.48. The minimum atomic E-state index is 0.377. The fraction of sp³-hybridized carbons (Fsp3) is 0.786. The lowest BCUT2D eigenvalue weighted by Gasteiger charge is -2.42. The maximum atomic E-state index is 5.54. The molecule has 5 heteroatoms. The topological polar surface area (TPSA) is 42.3 Å². The van der Waals surface area contributed by atoms with Crippen molar-refractivity contribution < 1.29 is 4.74 Å². The molecule has 1 aromatic rings. The first-order chi connectivity index (χ1) is 9.31. The summed E-state index contributed by atoms with van der Waals surface area (Å²) in [5.41, 5.74) is 0.377. The Morgan fingerprint density at radius 3 is 3.00 bits per heavy atom. The molecule has 106 valence electrons. The first-order valence-electron chi connectivity index (χ1n) is 7.26. The minimum absolute atomic E-state index is 0.377. The smallest absolute Gasteiger partial charge is 0.122 e. The van der Waals surface area contributed by atoms with E-state index < -0.39 is 0 Å². The normalized spacial score (nSPS) is 23.2. The molecule has 0 saturated carbocycles. The zero-order valence-electron chi connectivity index (χ0n) is 11.8. The quantitative estimate of drug-likeness (QED) is 0.870. The number of hydrogen-bond acceptors (Lipinski definition) is 4. The molecule has 3 rings (SSSR count). The van der Waals surface area contributed by atoms with Gasteiger partial charge < -0.3 is 14.6 Å². The molecule has 2 aliphatic heterocycles. The molecule has 0 radical (unpaired) electrons. The van der Waals surface area contributed by atoms with Crippen LogP contribution in [0.5, 0.6) is 0 Å². The zero-order chi connectivity index (χ0) is 13.1. The predicted molar refractivity (Wildman–Crippen MR) is 73.9 cm³/mol. The molecule has 0 aliphatic carbocycles. The van der Waals surface area contributed by atoms with Crippen molar-refractivity contribution in [2.75, 3.05) is 39.9 Å². The van der Waals surface area contributed by atoms with E-state index in [0.29, 0.717) is 5.41 Å². The molecule has 2 aliphatic rings. The zero-order valence-corrected chi connectivity index (χ0v) is 11.8. The van der Waals surface area contributed by atoms with E-state index in [0.717, 1.165) is 45.9 Å².